The molecule has 2 atom stereocenters. The van der Waals surface area contributed by atoms with Gasteiger partial charge in [0.25, 0.3) is 0 Å². The lowest BCUT2D eigenvalue weighted by atomic mass is 9.70. The van der Waals surface area contributed by atoms with Crippen LogP contribution in [0.3, 0.4) is 0 Å². The number of piperidine rings is 1. The van der Waals surface area contributed by atoms with Gasteiger partial charge in [-0.1, -0.05) is 18.2 Å². The van der Waals surface area contributed by atoms with E-state index in [0.29, 0.717) is 34.6 Å². The monoisotopic (exact) mass is 681 g/mol. The van der Waals surface area contributed by atoms with Crippen molar-refractivity contribution in [2.45, 2.75) is 76.5 Å². The second kappa shape index (κ2) is 11.9. The highest BCUT2D eigenvalue weighted by Gasteiger charge is 2.43. The number of aliphatic carboxylic acids is 1. The first-order chi connectivity index (χ1) is 22.5. The molecule has 15 heteroatoms. The first kappa shape index (κ1) is 33.4. The minimum atomic E-state index is -4.74. The number of rotatable bonds is 6. The number of carboxylic acids is 1. The summed E-state index contributed by atoms with van der Waals surface area (Å²) < 4.78 is 71.6. The van der Waals surface area contributed by atoms with E-state index in [2.05, 4.69) is 15.2 Å². The summed E-state index contributed by atoms with van der Waals surface area (Å²) in [5.74, 6) is -2.84. The Balaban J connectivity index is 1.46. The maximum atomic E-state index is 14.3. The molecule has 11 nitrogen and oxygen atoms in total. The number of sulfonamides is 1. The first-order valence-electron chi connectivity index (χ1n) is 15.5. The Morgan fingerprint density at radius 3 is 2.58 bits per heavy atom. The number of anilines is 1. The smallest absolute Gasteiger partial charge is 0.452 e. The number of aromatic nitrogens is 4. The van der Waals surface area contributed by atoms with E-state index < -0.39 is 39.3 Å². The van der Waals surface area contributed by atoms with Gasteiger partial charge in [0.05, 0.1) is 11.0 Å². The van der Waals surface area contributed by atoms with Crippen LogP contribution in [0.15, 0.2) is 47.6 Å². The number of halogens is 3. The Morgan fingerprint density at radius 2 is 1.90 bits per heavy atom. The van der Waals surface area contributed by atoms with Crippen molar-refractivity contribution in [2.75, 3.05) is 18.0 Å². The van der Waals surface area contributed by atoms with E-state index in [9.17, 15) is 36.8 Å². The summed E-state index contributed by atoms with van der Waals surface area (Å²) in [6, 6.07) is 10.0. The summed E-state index contributed by atoms with van der Waals surface area (Å²) in [7, 11) is -4.12. The second-order valence-corrected chi connectivity index (χ2v) is 15.0. The number of hydrogen-bond acceptors (Lipinski definition) is 8. The van der Waals surface area contributed by atoms with Gasteiger partial charge in [0.15, 0.2) is 5.65 Å². The summed E-state index contributed by atoms with van der Waals surface area (Å²) in [4.78, 5) is 19.1. The molecule has 5 heterocycles. The number of hydrogen-bond donors (Lipinski definition) is 1. The third-order valence-electron chi connectivity index (χ3n) is 9.65. The molecule has 2 aliphatic rings. The molecule has 3 aromatic heterocycles. The Labute approximate surface area is 275 Å². The fourth-order valence-corrected chi connectivity index (χ4v) is 8.57. The number of alkyl halides is 3. The number of fused-ring (bicyclic) bond motifs is 4. The number of carboxylic acid groups (broad SMARTS) is 1. The average Bonchev–Trinajstić information content (AvgIpc) is 3.46. The van der Waals surface area contributed by atoms with Crippen LogP contribution in [0.5, 0.6) is 0 Å². The molecule has 1 aromatic carbocycles. The number of aryl methyl sites for hydroxylation is 2. The highest BCUT2D eigenvalue weighted by Crippen LogP contribution is 2.44. The predicted octanol–water partition coefficient (Wildman–Crippen LogP) is 5.44. The molecule has 0 bridgehead atoms. The van der Waals surface area contributed by atoms with Gasteiger partial charge in [0.1, 0.15) is 16.8 Å². The van der Waals surface area contributed by atoms with Gasteiger partial charge in [-0.2, -0.15) is 22.7 Å². The van der Waals surface area contributed by atoms with Gasteiger partial charge in [-0.25, -0.2) is 13.4 Å². The van der Waals surface area contributed by atoms with Crippen LogP contribution in [0.4, 0.5) is 19.0 Å². The van der Waals surface area contributed by atoms with Crippen molar-refractivity contribution in [3.05, 3.63) is 81.9 Å². The molecular formula is C33H34F3N7O4S. The number of nitriles is 1. The van der Waals surface area contributed by atoms with Gasteiger partial charge >= 0.3 is 12.1 Å². The van der Waals surface area contributed by atoms with E-state index in [1.807, 2.05) is 17.9 Å². The van der Waals surface area contributed by atoms with Crippen LogP contribution in [0.25, 0.3) is 5.65 Å². The quantitative estimate of drug-likeness (QED) is 0.281. The molecule has 1 N–H and O–H groups in total. The van der Waals surface area contributed by atoms with Crippen LogP contribution < -0.4 is 4.90 Å². The third kappa shape index (κ3) is 5.56. The minimum Gasteiger partial charge on any atom is -0.481 e. The predicted molar refractivity (Wildman–Crippen MR) is 169 cm³/mol. The highest BCUT2D eigenvalue weighted by molar-refractivity contribution is 7.89. The lowest BCUT2D eigenvalue weighted by Gasteiger charge is -2.36. The van der Waals surface area contributed by atoms with Gasteiger partial charge < -0.3 is 10.0 Å². The maximum Gasteiger partial charge on any atom is 0.452 e. The lowest BCUT2D eigenvalue weighted by molar-refractivity contribution is -0.147. The van der Waals surface area contributed by atoms with Crippen molar-refractivity contribution < 1.29 is 31.5 Å². The Kier molecular flexibility index (Phi) is 8.23. The number of benzene rings is 1. The molecule has 1 fully saturated rings. The van der Waals surface area contributed by atoms with Crippen LogP contribution in [-0.2, 0) is 27.5 Å². The van der Waals surface area contributed by atoms with Crippen LogP contribution in [0, 0.1) is 30.6 Å². The molecule has 48 heavy (non-hydrogen) atoms. The highest BCUT2D eigenvalue weighted by atomic mass is 32.2. The zero-order valence-electron chi connectivity index (χ0n) is 26.8. The zero-order valence-corrected chi connectivity index (χ0v) is 27.6. The summed E-state index contributed by atoms with van der Waals surface area (Å²) in [5.41, 5.74) is 1.39. The van der Waals surface area contributed by atoms with Crippen LogP contribution in [0.1, 0.15) is 78.2 Å². The average molecular weight is 682 g/mol. The van der Waals surface area contributed by atoms with E-state index in [1.165, 1.54) is 28.8 Å². The molecule has 0 amide bonds. The first-order valence-corrected chi connectivity index (χ1v) is 16.9. The number of carbonyl (C=O) groups is 1. The van der Waals surface area contributed by atoms with Crippen molar-refractivity contribution in [1.82, 2.24) is 23.9 Å². The number of nitrogens with zero attached hydrogens (tertiary/aromatic N) is 7. The zero-order chi connectivity index (χ0) is 34.8. The molecule has 252 valence electrons. The van der Waals surface area contributed by atoms with Crippen LogP contribution in [-0.4, -0.2) is 62.5 Å². The van der Waals surface area contributed by atoms with E-state index in [0.717, 1.165) is 29.2 Å². The van der Waals surface area contributed by atoms with Gasteiger partial charge in [-0.05, 0) is 86.9 Å². The summed E-state index contributed by atoms with van der Waals surface area (Å²) in [5, 5.41) is 27.0. The lowest BCUT2D eigenvalue weighted by Crippen LogP contribution is -2.45. The van der Waals surface area contributed by atoms with E-state index in [1.54, 1.807) is 39.0 Å². The van der Waals surface area contributed by atoms with Crippen LogP contribution in [0.2, 0.25) is 0 Å². The van der Waals surface area contributed by atoms with Crippen LogP contribution >= 0.6 is 0 Å². The van der Waals surface area contributed by atoms with Crippen molar-refractivity contribution >= 4 is 27.5 Å². The molecule has 1 saturated heterocycles. The third-order valence-corrected chi connectivity index (χ3v) is 11.5. The SMILES string of the molecule is Cc1ccc([C@@H](c2ccn3c(C(F)(F)F)nnc3c2C)C(C)(C)C(=O)O)cc1CN1C[C@H]2CCCCN2c2ncc(C#N)cc2S1(=O)=O. The molecule has 0 radical (unpaired) electrons. The molecule has 2 aliphatic heterocycles. The fourth-order valence-electron chi connectivity index (χ4n) is 6.94. The van der Waals surface area contributed by atoms with Gasteiger partial charge in [0, 0.05) is 44.0 Å². The van der Waals surface area contributed by atoms with E-state index >= 15 is 0 Å². The fraction of sp³-hybridized carbons (Fsp3) is 0.424. The standard InChI is InChI=1S/C33H34F3N7O4S/c1-19-8-9-22(27(32(3,4)31(44)45)25-10-12-43-28(20(25)2)39-40-30(43)33(34,35)36)14-23(19)17-41-18-24-7-5-6-11-42(24)29-26(48(41,46)47)13-21(15-37)16-38-29/h8-10,12-14,16,24,27H,5-7,11,17-18H2,1-4H3,(H,44,45)/t24-,27+/m1/s1. The largest absolute Gasteiger partial charge is 0.481 e. The van der Waals surface area contributed by atoms with Gasteiger partial charge in [0.2, 0.25) is 15.8 Å². The molecule has 4 aromatic rings. The Morgan fingerprint density at radius 1 is 1.15 bits per heavy atom. The van der Waals surface area contributed by atoms with E-state index in [-0.39, 0.29) is 35.2 Å². The molecule has 0 saturated carbocycles. The van der Waals surface area contributed by atoms with E-state index in [4.69, 9.17) is 0 Å². The van der Waals surface area contributed by atoms with Crippen molar-refractivity contribution in [2.24, 2.45) is 5.41 Å². The topological polar surface area (TPSA) is 145 Å². The summed E-state index contributed by atoms with van der Waals surface area (Å²) >= 11 is 0. The normalized spacial score (nSPS) is 18.9. The second-order valence-electron chi connectivity index (χ2n) is 13.1. The summed E-state index contributed by atoms with van der Waals surface area (Å²) in [6.45, 7) is 7.31. The molecule has 0 aliphatic carbocycles. The molecule has 0 spiro atoms. The van der Waals surface area contributed by atoms with Crippen molar-refractivity contribution in [1.29, 1.82) is 5.26 Å². The maximum absolute atomic E-state index is 14.3. The number of pyridine rings is 2. The Bertz CT molecular complexity index is 2090. The van der Waals surface area contributed by atoms with Gasteiger partial charge in [-0.3, -0.25) is 9.20 Å². The Hall–Kier alpha value is -4.55. The minimum absolute atomic E-state index is 0.0277. The molecule has 0 unspecified atom stereocenters. The van der Waals surface area contributed by atoms with Gasteiger partial charge in [-0.15, -0.1) is 10.2 Å². The summed E-state index contributed by atoms with van der Waals surface area (Å²) in [6.07, 6.45) is 0.422. The van der Waals surface area contributed by atoms with Crippen molar-refractivity contribution in [3.63, 3.8) is 0 Å². The molecule has 6 rings (SSSR count). The van der Waals surface area contributed by atoms with Crippen molar-refractivity contribution in [3.8, 4) is 6.07 Å². The molecular weight excluding hydrogens is 647 g/mol.